The minimum atomic E-state index is -0.0414. The number of rotatable bonds is 4. The number of methoxy groups -OCH3 is 2. The lowest BCUT2D eigenvalue weighted by molar-refractivity contribution is 0.339. The highest BCUT2D eigenvalue weighted by Crippen LogP contribution is 2.37. The SMILES string of the molecule is COc1cc(Cc2cnc(N)nc2N)cc(OC)c1O.Cl.O. The summed E-state index contributed by atoms with van der Waals surface area (Å²) in [5.41, 5.74) is 12.8. The summed E-state index contributed by atoms with van der Waals surface area (Å²) >= 11 is 0. The van der Waals surface area contributed by atoms with Gasteiger partial charge in [-0.05, 0) is 17.7 Å². The van der Waals surface area contributed by atoms with Crippen LogP contribution in [0.4, 0.5) is 11.8 Å². The molecule has 2 aromatic rings. The summed E-state index contributed by atoms with van der Waals surface area (Å²) in [4.78, 5) is 7.82. The Kier molecular flexibility index (Phi) is 7.20. The number of benzene rings is 1. The van der Waals surface area contributed by atoms with Gasteiger partial charge in [-0.25, -0.2) is 4.98 Å². The van der Waals surface area contributed by atoms with Crippen molar-refractivity contribution in [2.45, 2.75) is 6.42 Å². The molecule has 22 heavy (non-hydrogen) atoms. The van der Waals surface area contributed by atoms with E-state index in [2.05, 4.69) is 9.97 Å². The first-order valence-electron chi connectivity index (χ1n) is 5.86. The normalized spacial score (nSPS) is 9.36. The molecule has 122 valence electrons. The van der Waals surface area contributed by atoms with Gasteiger partial charge in [0.2, 0.25) is 11.7 Å². The van der Waals surface area contributed by atoms with Crippen molar-refractivity contribution in [1.29, 1.82) is 0 Å². The van der Waals surface area contributed by atoms with E-state index in [1.807, 2.05) is 0 Å². The number of halogens is 1. The molecule has 0 saturated heterocycles. The third-order valence-corrected chi connectivity index (χ3v) is 2.85. The highest BCUT2D eigenvalue weighted by Gasteiger charge is 2.12. The highest BCUT2D eigenvalue weighted by atomic mass is 35.5. The molecule has 0 aliphatic heterocycles. The van der Waals surface area contributed by atoms with E-state index in [1.165, 1.54) is 14.2 Å². The predicted molar refractivity (Wildman–Crippen MR) is 85.7 cm³/mol. The van der Waals surface area contributed by atoms with Gasteiger partial charge in [0.15, 0.2) is 11.5 Å². The largest absolute Gasteiger partial charge is 0.502 e. The molecule has 0 bridgehead atoms. The van der Waals surface area contributed by atoms with Crippen LogP contribution in [0.25, 0.3) is 0 Å². The minimum Gasteiger partial charge on any atom is -0.502 e. The van der Waals surface area contributed by atoms with Crippen molar-refractivity contribution in [3.05, 3.63) is 29.5 Å². The molecule has 1 aromatic heterocycles. The van der Waals surface area contributed by atoms with Gasteiger partial charge in [0.05, 0.1) is 14.2 Å². The van der Waals surface area contributed by atoms with E-state index in [4.69, 9.17) is 20.9 Å². The standard InChI is InChI=1S/C13H16N4O3.ClH.H2O/c1-19-9-4-7(5-10(20-2)11(9)18)3-8-6-16-13(15)17-12(8)14;;/h4-6,18H,3H2,1-2H3,(H4,14,15,16,17);1H;1H2. The molecule has 0 radical (unpaired) electrons. The van der Waals surface area contributed by atoms with E-state index in [-0.39, 0.29) is 29.6 Å². The number of aromatic hydroxyl groups is 1. The highest BCUT2D eigenvalue weighted by molar-refractivity contribution is 5.85. The average Bonchev–Trinajstić information content (AvgIpc) is 2.43. The number of anilines is 2. The van der Waals surface area contributed by atoms with Crippen LogP contribution in [0.15, 0.2) is 18.3 Å². The molecule has 9 heteroatoms. The summed E-state index contributed by atoms with van der Waals surface area (Å²) in [5.74, 6) is 1.07. The minimum absolute atomic E-state index is 0. The Bertz CT molecular complexity index is 614. The summed E-state index contributed by atoms with van der Waals surface area (Å²) in [6, 6.07) is 3.40. The lowest BCUT2D eigenvalue weighted by atomic mass is 10.1. The number of ether oxygens (including phenoxy) is 2. The molecular formula is C13H19ClN4O4. The zero-order chi connectivity index (χ0) is 14.7. The Labute approximate surface area is 133 Å². The lowest BCUT2D eigenvalue weighted by Gasteiger charge is -2.11. The van der Waals surface area contributed by atoms with Gasteiger partial charge in [-0.2, -0.15) is 4.98 Å². The number of nitrogens with zero attached hydrogens (tertiary/aromatic N) is 2. The predicted octanol–water partition coefficient (Wildman–Crippen LogP) is 0.552. The fourth-order valence-corrected chi connectivity index (χ4v) is 1.84. The number of hydrogen-bond acceptors (Lipinski definition) is 7. The van der Waals surface area contributed by atoms with Gasteiger partial charge in [0, 0.05) is 18.2 Å². The van der Waals surface area contributed by atoms with Gasteiger partial charge in [0.25, 0.3) is 0 Å². The first kappa shape index (κ1) is 19.6. The van der Waals surface area contributed by atoms with Crippen molar-refractivity contribution in [1.82, 2.24) is 9.97 Å². The van der Waals surface area contributed by atoms with Crippen LogP contribution in [0, 0.1) is 0 Å². The molecule has 1 heterocycles. The van der Waals surface area contributed by atoms with Crippen molar-refractivity contribution in [3.63, 3.8) is 0 Å². The number of hydrogen-bond donors (Lipinski definition) is 3. The summed E-state index contributed by atoms with van der Waals surface area (Å²) in [5, 5.41) is 9.85. The molecule has 2 rings (SSSR count). The van der Waals surface area contributed by atoms with Gasteiger partial charge in [-0.3, -0.25) is 0 Å². The Morgan fingerprint density at radius 2 is 1.68 bits per heavy atom. The second kappa shape index (κ2) is 8.11. The first-order chi connectivity index (χ1) is 9.55. The molecule has 1 aromatic carbocycles. The van der Waals surface area contributed by atoms with Crippen molar-refractivity contribution in [2.24, 2.45) is 0 Å². The number of nitrogens with two attached hydrogens (primary N) is 2. The quantitative estimate of drug-likeness (QED) is 0.741. The zero-order valence-electron chi connectivity index (χ0n) is 12.2. The third kappa shape index (κ3) is 4.03. The Balaban J connectivity index is 0.00000220. The van der Waals surface area contributed by atoms with E-state index < -0.39 is 0 Å². The monoisotopic (exact) mass is 330 g/mol. The third-order valence-electron chi connectivity index (χ3n) is 2.85. The molecular weight excluding hydrogens is 312 g/mol. The average molecular weight is 331 g/mol. The molecule has 8 nitrogen and oxygen atoms in total. The van der Waals surface area contributed by atoms with Crippen LogP contribution < -0.4 is 20.9 Å². The Morgan fingerprint density at radius 3 is 2.14 bits per heavy atom. The van der Waals surface area contributed by atoms with Crippen molar-refractivity contribution in [3.8, 4) is 17.2 Å². The smallest absolute Gasteiger partial charge is 0.221 e. The van der Waals surface area contributed by atoms with E-state index in [1.54, 1.807) is 18.3 Å². The van der Waals surface area contributed by atoms with Crippen molar-refractivity contribution in [2.75, 3.05) is 25.7 Å². The van der Waals surface area contributed by atoms with Gasteiger partial charge in [0.1, 0.15) is 5.82 Å². The molecule has 0 spiro atoms. The van der Waals surface area contributed by atoms with Gasteiger partial charge >= 0.3 is 0 Å². The molecule has 0 amide bonds. The number of phenols is 1. The molecule has 0 fully saturated rings. The van der Waals surface area contributed by atoms with Gasteiger partial charge < -0.3 is 31.5 Å². The first-order valence-corrected chi connectivity index (χ1v) is 5.86. The fraction of sp³-hybridized carbons (Fsp3) is 0.231. The summed E-state index contributed by atoms with van der Waals surface area (Å²) in [7, 11) is 2.94. The van der Waals surface area contributed by atoms with Crippen LogP contribution in [-0.2, 0) is 6.42 Å². The summed E-state index contributed by atoms with van der Waals surface area (Å²) < 4.78 is 10.2. The maximum absolute atomic E-state index is 9.85. The van der Waals surface area contributed by atoms with Gasteiger partial charge in [-0.1, -0.05) is 0 Å². The number of aromatic nitrogens is 2. The van der Waals surface area contributed by atoms with Crippen LogP contribution in [0.5, 0.6) is 17.2 Å². The molecule has 7 N–H and O–H groups in total. The van der Waals surface area contributed by atoms with Crippen molar-refractivity contribution >= 4 is 24.2 Å². The van der Waals surface area contributed by atoms with Crippen LogP contribution in [0.2, 0.25) is 0 Å². The van der Waals surface area contributed by atoms with Crippen LogP contribution in [-0.4, -0.2) is 34.8 Å². The van der Waals surface area contributed by atoms with E-state index >= 15 is 0 Å². The topological polar surface area (TPSA) is 148 Å². The summed E-state index contributed by atoms with van der Waals surface area (Å²) in [6.07, 6.45) is 2.04. The molecule has 0 aliphatic carbocycles. The van der Waals surface area contributed by atoms with Crippen molar-refractivity contribution < 1.29 is 20.1 Å². The molecule has 0 atom stereocenters. The molecule has 0 aliphatic rings. The second-order valence-electron chi connectivity index (χ2n) is 4.16. The fourth-order valence-electron chi connectivity index (χ4n) is 1.84. The van der Waals surface area contributed by atoms with E-state index in [9.17, 15) is 5.11 Å². The second-order valence-corrected chi connectivity index (χ2v) is 4.16. The maximum Gasteiger partial charge on any atom is 0.221 e. The lowest BCUT2D eigenvalue weighted by Crippen LogP contribution is -2.04. The molecule has 0 saturated carbocycles. The van der Waals surface area contributed by atoms with E-state index in [0.29, 0.717) is 23.7 Å². The summed E-state index contributed by atoms with van der Waals surface area (Å²) in [6.45, 7) is 0. The Morgan fingerprint density at radius 1 is 1.14 bits per heavy atom. The Hall–Kier alpha value is -2.45. The van der Waals surface area contributed by atoms with Gasteiger partial charge in [-0.15, -0.1) is 12.4 Å². The van der Waals surface area contributed by atoms with E-state index in [0.717, 1.165) is 11.1 Å². The molecule has 0 unspecified atom stereocenters. The number of phenolic OH excluding ortho intramolecular Hbond substituents is 1. The van der Waals surface area contributed by atoms with Crippen LogP contribution in [0.3, 0.4) is 0 Å². The maximum atomic E-state index is 9.85. The van der Waals surface area contributed by atoms with Crippen LogP contribution in [0.1, 0.15) is 11.1 Å². The van der Waals surface area contributed by atoms with Crippen LogP contribution >= 0.6 is 12.4 Å². The zero-order valence-corrected chi connectivity index (χ0v) is 13.0. The number of nitrogen functional groups attached to an aromatic ring is 2.